The first kappa shape index (κ1) is 12.3. The van der Waals surface area contributed by atoms with Crippen LogP contribution in [0.4, 0.5) is 17.1 Å². The van der Waals surface area contributed by atoms with Crippen molar-refractivity contribution in [1.29, 1.82) is 0 Å². The van der Waals surface area contributed by atoms with Gasteiger partial charge in [0.2, 0.25) is 0 Å². The fraction of sp³-hybridized carbons (Fsp3) is 0.0769. The molecule has 2 aromatic carbocycles. The highest BCUT2D eigenvalue weighted by Gasteiger charge is 2.03. The van der Waals surface area contributed by atoms with Crippen LogP contribution in [0, 0.1) is 6.92 Å². The van der Waals surface area contributed by atoms with Gasteiger partial charge >= 0.3 is 0 Å². The molecule has 0 unspecified atom stereocenters. The smallest absolute Gasteiger partial charge is 0.0629 e. The molecule has 0 aliphatic carbocycles. The zero-order chi connectivity index (χ0) is 12.4. The average Bonchev–Trinajstić information content (AvgIpc) is 2.28. The van der Waals surface area contributed by atoms with E-state index in [2.05, 4.69) is 21.2 Å². The van der Waals surface area contributed by atoms with E-state index in [1.54, 1.807) is 0 Å². The monoisotopic (exact) mass is 310 g/mol. The summed E-state index contributed by atoms with van der Waals surface area (Å²) in [7, 11) is 0. The molecule has 0 bridgehead atoms. The molecule has 17 heavy (non-hydrogen) atoms. The Balaban J connectivity index is 2.37. The maximum Gasteiger partial charge on any atom is 0.0629 e. The number of anilines is 3. The Morgan fingerprint density at radius 1 is 1.12 bits per heavy atom. The number of benzene rings is 2. The predicted octanol–water partition coefficient (Wildman–Crippen LogP) is 4.74. The first-order valence-electron chi connectivity index (χ1n) is 5.14. The summed E-state index contributed by atoms with van der Waals surface area (Å²) in [6, 6.07) is 11.4. The normalized spacial score (nSPS) is 10.3. The van der Waals surface area contributed by atoms with E-state index in [1.807, 2.05) is 43.3 Å². The maximum absolute atomic E-state index is 5.97. The number of nitrogens with two attached hydrogens (primary N) is 1. The molecule has 0 aliphatic rings. The largest absolute Gasteiger partial charge is 0.397 e. The number of hydrogen-bond acceptors (Lipinski definition) is 2. The molecule has 2 rings (SSSR count). The van der Waals surface area contributed by atoms with Gasteiger partial charge in [0.15, 0.2) is 0 Å². The first-order chi connectivity index (χ1) is 8.06. The van der Waals surface area contributed by atoms with Crippen LogP contribution >= 0.6 is 27.5 Å². The second-order valence-electron chi connectivity index (χ2n) is 3.82. The summed E-state index contributed by atoms with van der Waals surface area (Å²) in [4.78, 5) is 0. The quantitative estimate of drug-likeness (QED) is 0.786. The molecule has 0 spiro atoms. The molecule has 3 N–H and O–H groups in total. The van der Waals surface area contributed by atoms with Gasteiger partial charge in [-0.25, -0.2) is 0 Å². The number of nitrogens with one attached hydrogen (secondary N) is 1. The Morgan fingerprint density at radius 2 is 1.88 bits per heavy atom. The van der Waals surface area contributed by atoms with Crippen molar-refractivity contribution >= 4 is 44.6 Å². The number of halogens is 2. The number of rotatable bonds is 2. The minimum Gasteiger partial charge on any atom is -0.397 e. The fourth-order valence-electron chi connectivity index (χ4n) is 1.51. The molecule has 2 nitrogen and oxygen atoms in total. The first-order valence-corrected chi connectivity index (χ1v) is 6.31. The van der Waals surface area contributed by atoms with Crippen molar-refractivity contribution in [3.8, 4) is 0 Å². The van der Waals surface area contributed by atoms with Gasteiger partial charge < -0.3 is 11.1 Å². The van der Waals surface area contributed by atoms with Gasteiger partial charge in [-0.1, -0.05) is 33.6 Å². The topological polar surface area (TPSA) is 38.0 Å². The molecule has 88 valence electrons. The van der Waals surface area contributed by atoms with Crippen molar-refractivity contribution in [3.63, 3.8) is 0 Å². The summed E-state index contributed by atoms with van der Waals surface area (Å²) < 4.78 is 0.980. The summed E-state index contributed by atoms with van der Waals surface area (Å²) in [6.45, 7) is 2.02. The van der Waals surface area contributed by atoms with Crippen LogP contribution in [0.5, 0.6) is 0 Å². The van der Waals surface area contributed by atoms with E-state index in [0.29, 0.717) is 10.7 Å². The lowest BCUT2D eigenvalue weighted by atomic mass is 10.2. The molecule has 0 aromatic heterocycles. The molecule has 0 saturated carbocycles. The molecular formula is C13H12BrClN2. The molecule has 0 aliphatic heterocycles. The van der Waals surface area contributed by atoms with Gasteiger partial charge in [0.25, 0.3) is 0 Å². The van der Waals surface area contributed by atoms with Gasteiger partial charge in [-0.15, -0.1) is 0 Å². The maximum atomic E-state index is 5.97. The SMILES string of the molecule is Cc1ccc(Cl)cc1Nc1cc(Br)ccc1N. The van der Waals surface area contributed by atoms with Gasteiger partial charge in [0, 0.05) is 15.2 Å². The predicted molar refractivity (Wildman–Crippen MR) is 78.0 cm³/mol. The molecule has 0 amide bonds. The van der Waals surface area contributed by atoms with Crippen LogP contribution in [0.1, 0.15) is 5.56 Å². The fourth-order valence-corrected chi connectivity index (χ4v) is 2.04. The van der Waals surface area contributed by atoms with E-state index in [-0.39, 0.29) is 0 Å². The van der Waals surface area contributed by atoms with Gasteiger partial charge in [0.1, 0.15) is 0 Å². The third kappa shape index (κ3) is 2.93. The Morgan fingerprint density at radius 3 is 2.65 bits per heavy atom. The third-order valence-corrected chi connectivity index (χ3v) is 3.21. The molecule has 0 fully saturated rings. The Labute approximate surface area is 114 Å². The number of hydrogen-bond donors (Lipinski definition) is 2. The molecule has 2 aromatic rings. The zero-order valence-electron chi connectivity index (χ0n) is 9.30. The van der Waals surface area contributed by atoms with Crippen LogP contribution in [0.3, 0.4) is 0 Å². The molecular weight excluding hydrogens is 300 g/mol. The van der Waals surface area contributed by atoms with Crippen LogP contribution in [-0.4, -0.2) is 0 Å². The third-order valence-electron chi connectivity index (χ3n) is 2.48. The Bertz CT molecular complexity index is 506. The molecule has 4 heteroatoms. The van der Waals surface area contributed by atoms with Crippen molar-refractivity contribution in [1.82, 2.24) is 0 Å². The summed E-state index contributed by atoms with van der Waals surface area (Å²) in [5.74, 6) is 0. The molecule has 0 atom stereocenters. The summed E-state index contributed by atoms with van der Waals surface area (Å²) in [5.41, 5.74) is 9.56. The highest BCUT2D eigenvalue weighted by atomic mass is 79.9. The summed E-state index contributed by atoms with van der Waals surface area (Å²) in [6.07, 6.45) is 0. The van der Waals surface area contributed by atoms with Crippen LogP contribution < -0.4 is 11.1 Å². The van der Waals surface area contributed by atoms with Crippen LogP contribution in [0.2, 0.25) is 5.02 Å². The van der Waals surface area contributed by atoms with Crippen LogP contribution in [-0.2, 0) is 0 Å². The number of nitrogen functional groups attached to an aromatic ring is 1. The minimum absolute atomic E-state index is 0.701. The molecule has 0 heterocycles. The highest BCUT2D eigenvalue weighted by Crippen LogP contribution is 2.29. The lowest BCUT2D eigenvalue weighted by molar-refractivity contribution is 1.43. The lowest BCUT2D eigenvalue weighted by Crippen LogP contribution is -1.97. The van der Waals surface area contributed by atoms with E-state index < -0.39 is 0 Å². The van der Waals surface area contributed by atoms with Gasteiger partial charge in [-0.3, -0.25) is 0 Å². The van der Waals surface area contributed by atoms with E-state index in [1.165, 1.54) is 0 Å². The van der Waals surface area contributed by atoms with Crippen LogP contribution in [0.15, 0.2) is 40.9 Å². The van der Waals surface area contributed by atoms with Gasteiger partial charge in [0.05, 0.1) is 11.4 Å². The molecule has 0 saturated heterocycles. The van der Waals surface area contributed by atoms with E-state index in [0.717, 1.165) is 21.4 Å². The highest BCUT2D eigenvalue weighted by molar-refractivity contribution is 9.10. The van der Waals surface area contributed by atoms with Crippen molar-refractivity contribution in [3.05, 3.63) is 51.5 Å². The van der Waals surface area contributed by atoms with E-state index >= 15 is 0 Å². The Kier molecular flexibility index (Phi) is 3.60. The van der Waals surface area contributed by atoms with Crippen molar-refractivity contribution in [2.24, 2.45) is 0 Å². The van der Waals surface area contributed by atoms with Crippen LogP contribution in [0.25, 0.3) is 0 Å². The Hall–Kier alpha value is -1.19. The molecule has 0 radical (unpaired) electrons. The summed E-state index contributed by atoms with van der Waals surface area (Å²) in [5, 5.41) is 3.98. The van der Waals surface area contributed by atoms with Gasteiger partial charge in [-0.05, 0) is 42.8 Å². The second-order valence-corrected chi connectivity index (χ2v) is 5.17. The van der Waals surface area contributed by atoms with Crippen molar-refractivity contribution in [2.45, 2.75) is 6.92 Å². The zero-order valence-corrected chi connectivity index (χ0v) is 11.6. The van der Waals surface area contributed by atoms with Gasteiger partial charge in [-0.2, -0.15) is 0 Å². The lowest BCUT2D eigenvalue weighted by Gasteiger charge is -2.12. The number of aryl methyl sites for hydroxylation is 1. The van der Waals surface area contributed by atoms with E-state index in [9.17, 15) is 0 Å². The second kappa shape index (κ2) is 4.98. The van der Waals surface area contributed by atoms with E-state index in [4.69, 9.17) is 17.3 Å². The standard InChI is InChI=1S/C13H12BrClN2/c1-8-2-4-10(15)7-12(8)17-13-6-9(14)3-5-11(13)16/h2-7,17H,16H2,1H3. The van der Waals surface area contributed by atoms with Crippen molar-refractivity contribution < 1.29 is 0 Å². The van der Waals surface area contributed by atoms with Crippen molar-refractivity contribution in [2.75, 3.05) is 11.1 Å². The minimum atomic E-state index is 0.701. The summed E-state index contributed by atoms with van der Waals surface area (Å²) >= 11 is 9.39. The average molecular weight is 312 g/mol.